The van der Waals surface area contributed by atoms with Gasteiger partial charge >= 0.3 is 0 Å². The fourth-order valence-electron chi connectivity index (χ4n) is 3.73. The van der Waals surface area contributed by atoms with Crippen molar-refractivity contribution in [2.45, 2.75) is 51.9 Å². The molecular weight excluding hydrogens is 482 g/mol. The van der Waals surface area contributed by atoms with Gasteiger partial charge in [-0.3, -0.25) is 9.97 Å². The Morgan fingerprint density at radius 2 is 1.18 bits per heavy atom. The normalized spacial score (nSPS) is 13.3. The molecule has 2 heterocycles. The van der Waals surface area contributed by atoms with Crippen molar-refractivity contribution in [1.82, 2.24) is 9.97 Å². The molecule has 2 aromatic heterocycles. The number of rotatable bonds is 4. The van der Waals surface area contributed by atoms with E-state index in [0.717, 1.165) is 0 Å². The van der Waals surface area contributed by atoms with Crippen LogP contribution in [0.5, 0.6) is 0 Å². The molecule has 180 valence electrons. The summed E-state index contributed by atoms with van der Waals surface area (Å²) in [5, 5.41) is 3.19. The Labute approximate surface area is 213 Å². The van der Waals surface area contributed by atoms with E-state index in [4.69, 9.17) is 9.97 Å². The van der Waals surface area contributed by atoms with Crippen LogP contribution in [0, 0.1) is 0 Å². The third-order valence-electron chi connectivity index (χ3n) is 4.91. The fraction of sp³-hybridized carbons (Fsp3) is 0.286. The molecule has 0 radical (unpaired) electrons. The molecule has 0 aliphatic rings. The smallest absolute Gasteiger partial charge is 0.0660 e. The van der Waals surface area contributed by atoms with Gasteiger partial charge in [0.1, 0.15) is 0 Å². The zero-order valence-corrected chi connectivity index (χ0v) is 23.3. The van der Waals surface area contributed by atoms with Crippen molar-refractivity contribution in [3.8, 4) is 0 Å². The zero-order chi connectivity index (χ0) is 23.2. The van der Waals surface area contributed by atoms with Crippen LogP contribution in [-0.2, 0) is 17.1 Å². The van der Waals surface area contributed by atoms with Crippen LogP contribution in [0.2, 0.25) is 0 Å². The predicted octanol–water partition coefficient (Wildman–Crippen LogP) is 6.06. The molecule has 2 unspecified atom stereocenters. The van der Waals surface area contributed by atoms with Gasteiger partial charge < -0.3 is 30.3 Å². The maximum Gasteiger partial charge on any atom is 0.0660 e. The van der Waals surface area contributed by atoms with Crippen molar-refractivity contribution < 1.29 is 17.1 Å². The van der Waals surface area contributed by atoms with Crippen molar-refractivity contribution in [3.63, 3.8) is 0 Å². The Bertz CT molecular complexity index is 958. The molecule has 0 aliphatic carbocycles. The molecule has 0 aliphatic heterocycles. The molecule has 4 rings (SSSR count). The standard InChI is InChI=1S/C23H29N2P2.C5H5.Fe/c1-22(2,3)26(20-14-7-9-16-24-20)18-12-11-13-19(18)27(23(4,5)6)21-15-8-10-17-25-21;1-2-4-5-3-1;/h7-17H,1-6H3;1-5H;/q-1;-5;. The minimum absolute atomic E-state index is 0. The second-order valence-electron chi connectivity index (χ2n) is 9.65. The minimum Gasteiger partial charge on any atom is -0.748 e. The van der Waals surface area contributed by atoms with Gasteiger partial charge in [-0.05, 0) is 42.5 Å². The van der Waals surface area contributed by atoms with Crippen LogP contribution in [0.1, 0.15) is 41.5 Å². The molecular formula is C28H34FeN2P2-6. The summed E-state index contributed by atoms with van der Waals surface area (Å²) in [5.74, 6) is 0. The molecule has 0 bridgehead atoms. The minimum atomic E-state index is -0.568. The van der Waals surface area contributed by atoms with Crippen molar-refractivity contribution in [2.24, 2.45) is 0 Å². The third-order valence-corrected chi connectivity index (χ3v) is 11.0. The van der Waals surface area contributed by atoms with Crippen molar-refractivity contribution in [3.05, 3.63) is 97.3 Å². The molecule has 0 saturated heterocycles. The molecule has 0 amide bonds. The van der Waals surface area contributed by atoms with Crippen molar-refractivity contribution in [2.75, 3.05) is 0 Å². The molecule has 0 spiro atoms. The average Bonchev–Trinajstić information content (AvgIpc) is 3.44. The van der Waals surface area contributed by atoms with Gasteiger partial charge in [-0.1, -0.05) is 61.6 Å². The molecule has 0 fully saturated rings. The summed E-state index contributed by atoms with van der Waals surface area (Å²) in [6.45, 7) is 14.0. The number of pyridine rings is 2. The molecule has 4 aromatic rings. The van der Waals surface area contributed by atoms with E-state index in [2.05, 4.69) is 84.0 Å². The number of hydrogen-bond donors (Lipinski definition) is 0. The summed E-state index contributed by atoms with van der Waals surface area (Å²) in [5.41, 5.74) is 2.41. The SMILES string of the molecule is CC(C)(C)P(c1ccccn1)c1ccc[c-]1P(c1ccccn1)C(C)(C)C.[Fe].[cH-]1[cH-][cH-][cH-][cH-]1. The number of aromatic nitrogens is 2. The molecule has 0 N–H and O–H groups in total. The summed E-state index contributed by atoms with van der Waals surface area (Å²) in [7, 11) is -1.14. The Balaban J connectivity index is 0.000000568. The molecule has 2 atom stereocenters. The largest absolute Gasteiger partial charge is 0.748 e. The molecule has 2 aromatic carbocycles. The van der Waals surface area contributed by atoms with Gasteiger partial charge in [0.15, 0.2) is 0 Å². The van der Waals surface area contributed by atoms with Gasteiger partial charge in [0.2, 0.25) is 0 Å². The summed E-state index contributed by atoms with van der Waals surface area (Å²) < 4.78 is 0. The number of hydrogen-bond acceptors (Lipinski definition) is 2. The first-order chi connectivity index (χ1) is 15.2. The van der Waals surface area contributed by atoms with Gasteiger partial charge in [-0.15, -0.1) is 10.6 Å². The van der Waals surface area contributed by atoms with Crippen molar-refractivity contribution >= 4 is 37.3 Å². The maximum atomic E-state index is 4.76. The Morgan fingerprint density at radius 1 is 0.667 bits per heavy atom. The second kappa shape index (κ2) is 12.2. The Kier molecular flexibility index (Phi) is 10.2. The quantitative estimate of drug-likeness (QED) is 0.187. The van der Waals surface area contributed by atoms with Gasteiger partial charge in [-0.25, -0.2) is 12.1 Å². The number of nitrogens with zero attached hydrogens (tertiary/aromatic N) is 2. The van der Waals surface area contributed by atoms with Gasteiger partial charge in [0.05, 0.1) is 10.9 Å². The third kappa shape index (κ3) is 7.43. The summed E-state index contributed by atoms with van der Waals surface area (Å²) in [6.07, 6.45) is 3.84. The van der Waals surface area contributed by atoms with Gasteiger partial charge in [-0.2, -0.15) is 6.07 Å². The van der Waals surface area contributed by atoms with E-state index in [1.807, 2.05) is 54.9 Å². The van der Waals surface area contributed by atoms with Crippen LogP contribution in [0.15, 0.2) is 97.3 Å². The van der Waals surface area contributed by atoms with Crippen LogP contribution >= 0.6 is 15.8 Å². The van der Waals surface area contributed by atoms with E-state index < -0.39 is 15.8 Å². The van der Waals surface area contributed by atoms with Crippen LogP contribution in [0.25, 0.3) is 0 Å². The van der Waals surface area contributed by atoms with E-state index in [1.54, 1.807) is 0 Å². The van der Waals surface area contributed by atoms with E-state index in [0.29, 0.717) is 0 Å². The molecule has 2 nitrogen and oxygen atoms in total. The Hall–Kier alpha value is -1.62. The van der Waals surface area contributed by atoms with Crippen LogP contribution in [0.3, 0.4) is 0 Å². The molecule has 5 heteroatoms. The first-order valence-corrected chi connectivity index (χ1v) is 13.7. The fourth-order valence-corrected chi connectivity index (χ4v) is 9.55. The van der Waals surface area contributed by atoms with Gasteiger partial charge in [0.25, 0.3) is 0 Å². The summed E-state index contributed by atoms with van der Waals surface area (Å²) in [4.78, 5) is 9.51. The van der Waals surface area contributed by atoms with E-state index in [1.165, 1.54) is 21.5 Å². The monoisotopic (exact) mass is 516 g/mol. The van der Waals surface area contributed by atoms with Gasteiger partial charge in [0, 0.05) is 29.5 Å². The van der Waals surface area contributed by atoms with Crippen molar-refractivity contribution in [1.29, 1.82) is 0 Å². The summed E-state index contributed by atoms with van der Waals surface area (Å²) in [6, 6.07) is 29.5. The first-order valence-electron chi connectivity index (χ1n) is 11.0. The van der Waals surface area contributed by atoms with E-state index >= 15 is 0 Å². The van der Waals surface area contributed by atoms with Crippen LogP contribution in [-0.4, -0.2) is 20.3 Å². The van der Waals surface area contributed by atoms with Crippen LogP contribution in [0.4, 0.5) is 0 Å². The first kappa shape index (κ1) is 27.6. The topological polar surface area (TPSA) is 25.8 Å². The maximum absolute atomic E-state index is 4.76. The van der Waals surface area contributed by atoms with E-state index in [9.17, 15) is 0 Å². The molecule has 33 heavy (non-hydrogen) atoms. The zero-order valence-electron chi connectivity index (χ0n) is 20.4. The average molecular weight is 516 g/mol. The second-order valence-corrected chi connectivity index (χ2v) is 15.6. The molecule has 0 saturated carbocycles. The predicted molar refractivity (Wildman–Crippen MR) is 144 cm³/mol. The van der Waals surface area contributed by atoms with Crippen LogP contribution < -0.4 is 21.5 Å². The Morgan fingerprint density at radius 3 is 1.61 bits per heavy atom. The summed E-state index contributed by atoms with van der Waals surface area (Å²) >= 11 is 0. The van der Waals surface area contributed by atoms with E-state index in [-0.39, 0.29) is 27.4 Å².